The summed E-state index contributed by atoms with van der Waals surface area (Å²) in [6, 6.07) is 14.6. The summed E-state index contributed by atoms with van der Waals surface area (Å²) in [5, 5.41) is 5.90. The number of hydrogen-bond donors (Lipinski definition) is 2. The molecule has 2 aromatic rings. The second kappa shape index (κ2) is 8.17. The van der Waals surface area contributed by atoms with Gasteiger partial charge in [-0.3, -0.25) is 4.90 Å². The van der Waals surface area contributed by atoms with Gasteiger partial charge in [0, 0.05) is 31.9 Å². The molecule has 1 aliphatic heterocycles. The molecular formula is C21H27N3O. The third-order valence-electron chi connectivity index (χ3n) is 4.79. The molecule has 4 nitrogen and oxygen atoms in total. The lowest BCUT2D eigenvalue weighted by atomic mass is 10.00. The van der Waals surface area contributed by atoms with E-state index in [1.807, 2.05) is 26.0 Å². The summed E-state index contributed by atoms with van der Waals surface area (Å²) in [7, 11) is 0. The van der Waals surface area contributed by atoms with Gasteiger partial charge in [-0.25, -0.2) is 4.79 Å². The van der Waals surface area contributed by atoms with Gasteiger partial charge in [0.05, 0.1) is 0 Å². The largest absolute Gasteiger partial charge is 0.338 e. The summed E-state index contributed by atoms with van der Waals surface area (Å²) < 4.78 is 0. The SMILES string of the molecule is Cc1ccc(C)c(NC(=O)NCCCN2CCc3ccccc3C2)c1. The lowest BCUT2D eigenvalue weighted by Crippen LogP contribution is -2.35. The number of amides is 2. The van der Waals surface area contributed by atoms with Gasteiger partial charge in [0.25, 0.3) is 0 Å². The van der Waals surface area contributed by atoms with Crippen molar-refractivity contribution in [3.8, 4) is 0 Å². The molecule has 0 saturated carbocycles. The molecule has 4 heteroatoms. The second-order valence-electron chi connectivity index (χ2n) is 6.85. The topological polar surface area (TPSA) is 44.4 Å². The van der Waals surface area contributed by atoms with Crippen LogP contribution in [0.3, 0.4) is 0 Å². The van der Waals surface area contributed by atoms with E-state index >= 15 is 0 Å². The fourth-order valence-electron chi connectivity index (χ4n) is 3.29. The van der Waals surface area contributed by atoms with Crippen LogP contribution >= 0.6 is 0 Å². The maximum absolute atomic E-state index is 12.1. The van der Waals surface area contributed by atoms with Gasteiger partial charge in [-0.1, -0.05) is 36.4 Å². The lowest BCUT2D eigenvalue weighted by Gasteiger charge is -2.28. The Kier molecular flexibility index (Phi) is 5.71. The summed E-state index contributed by atoms with van der Waals surface area (Å²) in [6.45, 7) is 7.85. The molecule has 1 aliphatic rings. The predicted molar refractivity (Wildman–Crippen MR) is 103 cm³/mol. The van der Waals surface area contributed by atoms with Crippen LogP contribution in [0.2, 0.25) is 0 Å². The van der Waals surface area contributed by atoms with Crippen LogP contribution < -0.4 is 10.6 Å². The zero-order valence-electron chi connectivity index (χ0n) is 15.1. The van der Waals surface area contributed by atoms with Crippen LogP contribution in [0, 0.1) is 13.8 Å². The molecule has 0 saturated heterocycles. The van der Waals surface area contributed by atoms with Crippen molar-refractivity contribution in [3.05, 3.63) is 64.7 Å². The summed E-state index contributed by atoms with van der Waals surface area (Å²) in [4.78, 5) is 14.5. The predicted octanol–water partition coefficient (Wildman–Crippen LogP) is 3.87. The van der Waals surface area contributed by atoms with Crippen molar-refractivity contribution >= 4 is 11.7 Å². The zero-order valence-corrected chi connectivity index (χ0v) is 15.1. The van der Waals surface area contributed by atoms with E-state index in [-0.39, 0.29) is 6.03 Å². The van der Waals surface area contributed by atoms with Crippen molar-refractivity contribution in [1.82, 2.24) is 10.2 Å². The molecule has 0 spiro atoms. The Balaban J connectivity index is 1.39. The number of anilines is 1. The molecular weight excluding hydrogens is 310 g/mol. The maximum atomic E-state index is 12.1. The van der Waals surface area contributed by atoms with Crippen molar-refractivity contribution in [1.29, 1.82) is 0 Å². The van der Waals surface area contributed by atoms with Crippen LogP contribution in [0.25, 0.3) is 0 Å². The first-order chi connectivity index (χ1) is 12.1. The van der Waals surface area contributed by atoms with Crippen molar-refractivity contribution in [2.24, 2.45) is 0 Å². The highest BCUT2D eigenvalue weighted by Crippen LogP contribution is 2.18. The minimum atomic E-state index is -0.127. The Hall–Kier alpha value is -2.33. The monoisotopic (exact) mass is 337 g/mol. The molecule has 0 bridgehead atoms. The van der Waals surface area contributed by atoms with Gasteiger partial charge in [0.15, 0.2) is 0 Å². The first kappa shape index (κ1) is 17.5. The molecule has 1 heterocycles. The smallest absolute Gasteiger partial charge is 0.319 e. The summed E-state index contributed by atoms with van der Waals surface area (Å²) in [6.07, 6.45) is 2.08. The third-order valence-corrected chi connectivity index (χ3v) is 4.79. The normalized spacial score (nSPS) is 14.0. The number of hydrogen-bond acceptors (Lipinski definition) is 2. The molecule has 2 amide bonds. The highest BCUT2D eigenvalue weighted by molar-refractivity contribution is 5.90. The van der Waals surface area contributed by atoms with Crippen LogP contribution in [-0.4, -0.2) is 30.6 Å². The van der Waals surface area contributed by atoms with E-state index in [9.17, 15) is 4.79 Å². The Morgan fingerprint density at radius 1 is 1.12 bits per heavy atom. The number of urea groups is 1. The van der Waals surface area contributed by atoms with Crippen LogP contribution in [0.4, 0.5) is 10.5 Å². The van der Waals surface area contributed by atoms with E-state index in [0.717, 1.165) is 49.3 Å². The molecule has 0 fully saturated rings. The highest BCUT2D eigenvalue weighted by Gasteiger charge is 2.15. The molecule has 2 N–H and O–H groups in total. The number of rotatable bonds is 5. The zero-order chi connectivity index (χ0) is 17.6. The summed E-state index contributed by atoms with van der Waals surface area (Å²) in [5.41, 5.74) is 6.02. The minimum Gasteiger partial charge on any atom is -0.338 e. The number of nitrogens with zero attached hydrogens (tertiary/aromatic N) is 1. The van der Waals surface area contributed by atoms with Crippen LogP contribution in [-0.2, 0) is 13.0 Å². The molecule has 0 aliphatic carbocycles. The van der Waals surface area contributed by atoms with Crippen molar-refractivity contribution < 1.29 is 4.79 Å². The number of carbonyl (C=O) groups is 1. The molecule has 25 heavy (non-hydrogen) atoms. The third kappa shape index (κ3) is 4.83. The maximum Gasteiger partial charge on any atom is 0.319 e. The average molecular weight is 337 g/mol. The number of aryl methyl sites for hydroxylation is 2. The highest BCUT2D eigenvalue weighted by atomic mass is 16.2. The van der Waals surface area contributed by atoms with Gasteiger partial charge in [-0.2, -0.15) is 0 Å². The van der Waals surface area contributed by atoms with E-state index in [1.165, 1.54) is 11.1 Å². The Bertz CT molecular complexity index is 742. The van der Waals surface area contributed by atoms with E-state index in [2.05, 4.69) is 45.9 Å². The Labute approximate surface area is 150 Å². The van der Waals surface area contributed by atoms with Gasteiger partial charge >= 0.3 is 6.03 Å². The number of nitrogens with one attached hydrogen (secondary N) is 2. The molecule has 0 aromatic heterocycles. The lowest BCUT2D eigenvalue weighted by molar-refractivity contribution is 0.242. The summed E-state index contributed by atoms with van der Waals surface area (Å²) >= 11 is 0. The number of carbonyl (C=O) groups excluding carboxylic acids is 1. The van der Waals surface area contributed by atoms with Crippen molar-refractivity contribution in [2.75, 3.05) is 25.0 Å². The van der Waals surface area contributed by atoms with Gasteiger partial charge < -0.3 is 10.6 Å². The Morgan fingerprint density at radius 2 is 1.92 bits per heavy atom. The van der Waals surface area contributed by atoms with E-state index < -0.39 is 0 Å². The molecule has 0 radical (unpaired) electrons. The molecule has 132 valence electrons. The first-order valence-electron chi connectivity index (χ1n) is 9.03. The molecule has 3 rings (SSSR count). The van der Waals surface area contributed by atoms with Gasteiger partial charge in [0.1, 0.15) is 0 Å². The Morgan fingerprint density at radius 3 is 2.76 bits per heavy atom. The minimum absolute atomic E-state index is 0.127. The number of benzene rings is 2. The fraction of sp³-hybridized carbons (Fsp3) is 0.381. The van der Waals surface area contributed by atoms with Crippen molar-refractivity contribution in [2.45, 2.75) is 33.2 Å². The van der Waals surface area contributed by atoms with Crippen molar-refractivity contribution in [3.63, 3.8) is 0 Å². The first-order valence-corrected chi connectivity index (χ1v) is 9.03. The number of fused-ring (bicyclic) bond motifs is 1. The van der Waals surface area contributed by atoms with Gasteiger partial charge in [-0.15, -0.1) is 0 Å². The van der Waals surface area contributed by atoms with E-state index in [1.54, 1.807) is 0 Å². The average Bonchev–Trinajstić information content (AvgIpc) is 2.62. The summed E-state index contributed by atoms with van der Waals surface area (Å²) in [5.74, 6) is 0. The van der Waals surface area contributed by atoms with Crippen LogP contribution in [0.15, 0.2) is 42.5 Å². The van der Waals surface area contributed by atoms with Gasteiger partial charge in [-0.05, 0) is 55.0 Å². The quantitative estimate of drug-likeness (QED) is 0.814. The standard InChI is InChI=1S/C21H27N3O/c1-16-8-9-17(2)20(14-16)23-21(25)22-11-5-12-24-13-10-18-6-3-4-7-19(18)15-24/h3-4,6-9,14H,5,10-13,15H2,1-2H3,(H2,22,23,25). The van der Waals surface area contributed by atoms with Crippen LogP contribution in [0.1, 0.15) is 28.7 Å². The molecule has 0 atom stereocenters. The second-order valence-corrected chi connectivity index (χ2v) is 6.85. The molecule has 2 aromatic carbocycles. The van der Waals surface area contributed by atoms with E-state index in [4.69, 9.17) is 0 Å². The fourth-order valence-corrected chi connectivity index (χ4v) is 3.29. The molecule has 0 unspecified atom stereocenters. The van der Waals surface area contributed by atoms with Gasteiger partial charge in [0.2, 0.25) is 0 Å². The van der Waals surface area contributed by atoms with Crippen LogP contribution in [0.5, 0.6) is 0 Å². The van der Waals surface area contributed by atoms with E-state index in [0.29, 0.717) is 6.54 Å².